The van der Waals surface area contributed by atoms with Crippen molar-refractivity contribution in [2.45, 2.75) is 44.3 Å². The van der Waals surface area contributed by atoms with Gasteiger partial charge in [-0.2, -0.15) is 5.10 Å². The third-order valence-electron chi connectivity index (χ3n) is 10.4. The summed E-state index contributed by atoms with van der Waals surface area (Å²) in [4.78, 5) is 34.8. The van der Waals surface area contributed by atoms with Gasteiger partial charge >= 0.3 is 0 Å². The number of ether oxygens (including phenoxy) is 1. The van der Waals surface area contributed by atoms with Gasteiger partial charge in [-0.25, -0.2) is 4.98 Å². The highest BCUT2D eigenvalue weighted by atomic mass is 16.5. The molecule has 8 rings (SSSR count). The number of nitrogens with zero attached hydrogens (tertiary/aromatic N) is 7. The lowest BCUT2D eigenvalue weighted by Crippen LogP contribution is -2.47. The fourth-order valence-electron chi connectivity index (χ4n) is 7.97. The lowest BCUT2D eigenvalue weighted by atomic mass is 9.90. The Labute approximate surface area is 261 Å². The normalized spacial score (nSPS) is 21.3. The van der Waals surface area contributed by atoms with Gasteiger partial charge in [0.15, 0.2) is 5.82 Å². The summed E-state index contributed by atoms with van der Waals surface area (Å²) in [6.07, 6.45) is 5.91. The molecule has 5 aromatic rings. The first-order chi connectivity index (χ1) is 21.7. The van der Waals surface area contributed by atoms with E-state index in [4.69, 9.17) is 15.5 Å². The fraction of sp³-hybridized carbons (Fsp3) is 0.412. The molecule has 0 spiro atoms. The van der Waals surface area contributed by atoms with Crippen molar-refractivity contribution in [2.24, 2.45) is 25.7 Å². The summed E-state index contributed by atoms with van der Waals surface area (Å²) in [6.45, 7) is 4.31. The van der Waals surface area contributed by atoms with E-state index in [0.717, 1.165) is 59.4 Å². The zero-order valence-corrected chi connectivity index (χ0v) is 26.1. The highest BCUT2D eigenvalue weighted by Gasteiger charge is 2.47. The van der Waals surface area contributed by atoms with Crippen LogP contribution in [0.1, 0.15) is 47.2 Å². The lowest BCUT2D eigenvalue weighted by Gasteiger charge is -2.39. The number of rotatable bonds is 6. The number of carbonyl (C=O) groups is 2. The van der Waals surface area contributed by atoms with Crippen LogP contribution in [0.5, 0.6) is 5.75 Å². The minimum Gasteiger partial charge on any atom is -0.494 e. The maximum Gasteiger partial charge on any atom is 0.254 e. The van der Waals surface area contributed by atoms with Gasteiger partial charge in [0.1, 0.15) is 11.3 Å². The smallest absolute Gasteiger partial charge is 0.254 e. The molecule has 3 fully saturated rings. The Balaban J connectivity index is 1.27. The van der Waals surface area contributed by atoms with Gasteiger partial charge in [-0.05, 0) is 42.5 Å². The van der Waals surface area contributed by atoms with Crippen molar-refractivity contribution in [2.75, 3.05) is 26.7 Å². The van der Waals surface area contributed by atoms with Crippen LogP contribution < -0.4 is 10.5 Å². The standard InChI is InChI=1S/C34H38N8O3/c1-19(43)40-16-24(17-40)25-7-5-6-21-11-28(39(3)31(21)25)33-37-26-10-23(34(44)41-18-22-8-9-27(41)30(22)35)12-29(45-4)32(26)42(33)15-20-13-36-38(2)14-20/h5-7,10-14,22,24,27,30H,8-9,15-18,35H2,1-4H3/t22-,27-,30?/m1/s1. The van der Waals surface area contributed by atoms with Gasteiger partial charge in [0.2, 0.25) is 5.91 Å². The molecule has 1 unspecified atom stereocenters. The van der Waals surface area contributed by atoms with Gasteiger partial charge in [0.25, 0.3) is 5.91 Å². The van der Waals surface area contributed by atoms with E-state index in [9.17, 15) is 9.59 Å². The molecule has 3 atom stereocenters. The summed E-state index contributed by atoms with van der Waals surface area (Å²) in [5.74, 6) is 2.14. The minimum absolute atomic E-state index is 0.0180. The Morgan fingerprint density at radius 1 is 1.07 bits per heavy atom. The number of piperidine rings is 1. The SMILES string of the molecule is COc1cc(C(=O)N2C[C@H]3CC[C@@H]2C3N)cc2nc(-c3cc4cccc(C5CN(C(C)=O)C5)c4n3C)n(Cc3cnn(C)c3)c12. The number of para-hydroxylation sites is 1. The molecule has 2 amide bonds. The van der Waals surface area contributed by atoms with Gasteiger partial charge < -0.3 is 29.4 Å². The predicted molar refractivity (Wildman–Crippen MR) is 171 cm³/mol. The van der Waals surface area contributed by atoms with Crippen LogP contribution in [-0.2, 0) is 25.4 Å². The molecule has 0 radical (unpaired) electrons. The van der Waals surface area contributed by atoms with E-state index in [1.807, 2.05) is 41.4 Å². The predicted octanol–water partition coefficient (Wildman–Crippen LogP) is 3.49. The summed E-state index contributed by atoms with van der Waals surface area (Å²) in [6, 6.07) is 12.5. The molecule has 2 N–H and O–H groups in total. The second kappa shape index (κ2) is 10.2. The maximum absolute atomic E-state index is 13.9. The van der Waals surface area contributed by atoms with Crippen molar-refractivity contribution >= 4 is 33.8 Å². The molecule has 1 saturated carbocycles. The number of hydrogen-bond acceptors (Lipinski definition) is 6. The van der Waals surface area contributed by atoms with E-state index < -0.39 is 0 Å². The average Bonchev–Trinajstić information content (AvgIpc) is 3.81. The van der Waals surface area contributed by atoms with Crippen molar-refractivity contribution in [1.82, 2.24) is 33.7 Å². The number of amides is 2. The summed E-state index contributed by atoms with van der Waals surface area (Å²) < 4.78 is 12.1. The van der Waals surface area contributed by atoms with E-state index in [-0.39, 0.29) is 29.8 Å². The fourth-order valence-corrected chi connectivity index (χ4v) is 7.97. The van der Waals surface area contributed by atoms with Crippen LogP contribution >= 0.6 is 0 Å². The van der Waals surface area contributed by atoms with Crippen LogP contribution in [0, 0.1) is 5.92 Å². The zero-order chi connectivity index (χ0) is 31.1. The first-order valence-corrected chi connectivity index (χ1v) is 15.7. The Kier molecular flexibility index (Phi) is 6.32. The molecule has 1 aliphatic carbocycles. The van der Waals surface area contributed by atoms with Crippen molar-refractivity contribution in [3.8, 4) is 17.3 Å². The molecule has 3 aromatic heterocycles. The van der Waals surface area contributed by atoms with E-state index in [1.54, 1.807) is 18.7 Å². The molecule has 5 heterocycles. The molecule has 3 aliphatic rings. The second-order valence-corrected chi connectivity index (χ2v) is 13.0. The molecular formula is C34H38N8O3. The van der Waals surface area contributed by atoms with Gasteiger partial charge in [-0.3, -0.25) is 14.3 Å². The van der Waals surface area contributed by atoms with Crippen molar-refractivity contribution in [1.29, 1.82) is 0 Å². The minimum atomic E-state index is -0.0180. The van der Waals surface area contributed by atoms with E-state index >= 15 is 0 Å². The van der Waals surface area contributed by atoms with Crippen molar-refractivity contribution in [3.63, 3.8) is 0 Å². The van der Waals surface area contributed by atoms with Crippen LogP contribution in [-0.4, -0.2) is 84.3 Å². The Bertz CT molecular complexity index is 2000. The van der Waals surface area contributed by atoms with Crippen LogP contribution in [0.3, 0.4) is 0 Å². The second-order valence-electron chi connectivity index (χ2n) is 13.0. The molecule has 2 aromatic carbocycles. The molecule has 2 bridgehead atoms. The summed E-state index contributed by atoms with van der Waals surface area (Å²) in [5, 5.41) is 5.52. The van der Waals surface area contributed by atoms with Gasteiger partial charge in [-0.15, -0.1) is 0 Å². The first-order valence-electron chi connectivity index (χ1n) is 15.7. The van der Waals surface area contributed by atoms with Crippen molar-refractivity contribution in [3.05, 3.63) is 65.5 Å². The number of aromatic nitrogens is 5. The molecule has 2 aliphatic heterocycles. The number of benzene rings is 2. The molecule has 45 heavy (non-hydrogen) atoms. The summed E-state index contributed by atoms with van der Waals surface area (Å²) in [5.41, 5.74) is 12.9. The summed E-state index contributed by atoms with van der Waals surface area (Å²) in [7, 11) is 5.63. The zero-order valence-electron chi connectivity index (χ0n) is 26.1. The molecular weight excluding hydrogens is 568 g/mol. The highest BCUT2D eigenvalue weighted by Crippen LogP contribution is 2.40. The number of hydrogen-bond donors (Lipinski definition) is 1. The van der Waals surface area contributed by atoms with Crippen LogP contribution in [0.25, 0.3) is 33.5 Å². The van der Waals surface area contributed by atoms with E-state index in [1.165, 1.54) is 5.56 Å². The lowest BCUT2D eigenvalue weighted by molar-refractivity contribution is -0.133. The summed E-state index contributed by atoms with van der Waals surface area (Å²) >= 11 is 0. The number of carbonyl (C=O) groups excluding carboxylic acids is 2. The number of fused-ring (bicyclic) bond motifs is 4. The maximum atomic E-state index is 13.9. The quantitative estimate of drug-likeness (QED) is 0.316. The third-order valence-corrected chi connectivity index (χ3v) is 10.4. The third kappa shape index (κ3) is 4.28. The number of likely N-dealkylation sites (tertiary alicyclic amines) is 2. The highest BCUT2D eigenvalue weighted by molar-refractivity contribution is 6.01. The van der Waals surface area contributed by atoms with E-state index in [0.29, 0.717) is 35.8 Å². The number of imidazole rings is 1. The molecule has 11 heteroatoms. The average molecular weight is 607 g/mol. The van der Waals surface area contributed by atoms with Gasteiger partial charge in [-0.1, -0.05) is 18.2 Å². The van der Waals surface area contributed by atoms with Crippen LogP contribution in [0.4, 0.5) is 0 Å². The Hall–Kier alpha value is -4.64. The van der Waals surface area contributed by atoms with Gasteiger partial charge in [0.05, 0.1) is 36.6 Å². The topological polar surface area (TPSA) is 116 Å². The number of methoxy groups -OCH3 is 1. The Morgan fingerprint density at radius 3 is 2.56 bits per heavy atom. The number of aryl methyl sites for hydroxylation is 2. The van der Waals surface area contributed by atoms with Crippen LogP contribution in [0.15, 0.2) is 48.8 Å². The van der Waals surface area contributed by atoms with Crippen molar-refractivity contribution < 1.29 is 14.3 Å². The first kappa shape index (κ1) is 27.9. The van der Waals surface area contributed by atoms with E-state index in [2.05, 4.69) is 45.5 Å². The van der Waals surface area contributed by atoms with Crippen LogP contribution in [0.2, 0.25) is 0 Å². The molecule has 232 valence electrons. The largest absolute Gasteiger partial charge is 0.494 e. The molecule has 11 nitrogen and oxygen atoms in total. The Morgan fingerprint density at radius 2 is 1.89 bits per heavy atom. The number of nitrogens with two attached hydrogens (primary N) is 1. The monoisotopic (exact) mass is 606 g/mol. The van der Waals surface area contributed by atoms with Gasteiger partial charge in [0, 0.05) is 81.4 Å². The molecule has 2 saturated heterocycles.